The van der Waals surface area contributed by atoms with Crippen LogP contribution in [0.5, 0.6) is 5.75 Å². The molecule has 1 saturated heterocycles. The zero-order valence-corrected chi connectivity index (χ0v) is 19.5. The molecule has 1 heterocycles. The van der Waals surface area contributed by atoms with Crippen molar-refractivity contribution in [2.24, 2.45) is 11.8 Å². The molecule has 2 aliphatic rings. The highest BCUT2D eigenvalue weighted by Gasteiger charge is 2.47. The Morgan fingerprint density at radius 2 is 1.74 bits per heavy atom. The number of nitrogens with one attached hydrogen (secondary N) is 2. The number of nitro benzene ring substituents is 1. The van der Waals surface area contributed by atoms with Crippen LogP contribution in [0.3, 0.4) is 0 Å². The Balaban J connectivity index is 1.35. The summed E-state index contributed by atoms with van der Waals surface area (Å²) in [4.78, 5) is 50.1. The zero-order valence-electron chi connectivity index (χ0n) is 19.5. The lowest BCUT2D eigenvalue weighted by Crippen LogP contribution is -2.33. The summed E-state index contributed by atoms with van der Waals surface area (Å²) >= 11 is 0. The predicted octanol–water partition coefficient (Wildman–Crippen LogP) is 3.83. The molecule has 2 fully saturated rings. The van der Waals surface area contributed by atoms with Gasteiger partial charge >= 0.3 is 0 Å². The quantitative estimate of drug-likeness (QED) is 0.241. The van der Waals surface area contributed by atoms with Gasteiger partial charge in [0, 0.05) is 30.4 Å². The Kier molecular flexibility index (Phi) is 7.28. The lowest BCUT2D eigenvalue weighted by atomic mass is 9.81. The van der Waals surface area contributed by atoms with E-state index in [0.717, 1.165) is 25.7 Å². The number of hydrogen-bond acceptors (Lipinski definition) is 7. The fourth-order valence-electron chi connectivity index (χ4n) is 4.76. The first-order chi connectivity index (χ1) is 16.9. The molecule has 184 valence electrons. The molecule has 1 aliphatic heterocycles. The minimum Gasteiger partial charge on any atom is -0.497 e. The molecule has 10 nitrogen and oxygen atoms in total. The molecule has 10 heteroatoms. The number of imide groups is 1. The van der Waals surface area contributed by atoms with E-state index in [9.17, 15) is 24.5 Å². The minimum absolute atomic E-state index is 0.0853. The highest BCUT2D eigenvalue weighted by atomic mass is 16.6. The van der Waals surface area contributed by atoms with Gasteiger partial charge in [-0.1, -0.05) is 12.8 Å². The standard InChI is InChI=1S/C25H28N4O6/c1-35-18-10-8-17(9-11-18)27-23(30)16-7-12-21(22(15-16)29(33)34)26-13-4-14-28-24(31)19-5-2-3-6-20(19)25(28)32/h7-12,15,19-20,26H,2-6,13-14H2,1H3,(H,27,30)/t19-,20-/m0/s1. The van der Waals surface area contributed by atoms with Crippen molar-refractivity contribution in [2.75, 3.05) is 30.8 Å². The van der Waals surface area contributed by atoms with Gasteiger partial charge in [0.25, 0.3) is 11.6 Å². The van der Waals surface area contributed by atoms with Gasteiger partial charge in [-0.05, 0) is 55.7 Å². The SMILES string of the molecule is COc1ccc(NC(=O)c2ccc(NCCCN3C(=O)[C@H]4CCCC[C@@H]4C3=O)c([N+](=O)[O-])c2)cc1. The maximum Gasteiger partial charge on any atom is 0.293 e. The van der Waals surface area contributed by atoms with Gasteiger partial charge in [-0.15, -0.1) is 0 Å². The second-order valence-electron chi connectivity index (χ2n) is 8.78. The number of rotatable bonds is 9. The predicted molar refractivity (Wildman–Crippen MR) is 129 cm³/mol. The van der Waals surface area contributed by atoms with Crippen molar-refractivity contribution >= 4 is 34.8 Å². The molecule has 0 spiro atoms. The average Bonchev–Trinajstić information content (AvgIpc) is 3.11. The highest BCUT2D eigenvalue weighted by Crippen LogP contribution is 2.38. The molecular weight excluding hydrogens is 452 g/mol. The van der Waals surface area contributed by atoms with Crippen molar-refractivity contribution in [3.8, 4) is 5.75 Å². The van der Waals surface area contributed by atoms with Crippen molar-refractivity contribution in [1.29, 1.82) is 0 Å². The fraction of sp³-hybridized carbons (Fsp3) is 0.400. The number of anilines is 2. The molecule has 2 N–H and O–H groups in total. The summed E-state index contributed by atoms with van der Waals surface area (Å²) in [7, 11) is 1.54. The van der Waals surface area contributed by atoms with E-state index in [2.05, 4.69) is 10.6 Å². The summed E-state index contributed by atoms with van der Waals surface area (Å²) in [5, 5.41) is 17.3. The van der Waals surface area contributed by atoms with E-state index in [1.807, 2.05) is 0 Å². The third-order valence-corrected chi connectivity index (χ3v) is 6.61. The number of amides is 3. The number of benzene rings is 2. The van der Waals surface area contributed by atoms with E-state index >= 15 is 0 Å². The largest absolute Gasteiger partial charge is 0.497 e. The van der Waals surface area contributed by atoms with Crippen molar-refractivity contribution in [2.45, 2.75) is 32.1 Å². The number of carbonyl (C=O) groups is 3. The molecule has 0 unspecified atom stereocenters. The third kappa shape index (κ3) is 5.26. The second kappa shape index (κ2) is 10.5. The van der Waals surface area contributed by atoms with Crippen LogP contribution in [0.15, 0.2) is 42.5 Å². The molecule has 0 aromatic heterocycles. The number of nitro groups is 1. The number of likely N-dealkylation sites (tertiary alicyclic amines) is 1. The van der Waals surface area contributed by atoms with Gasteiger partial charge in [-0.25, -0.2) is 0 Å². The summed E-state index contributed by atoms with van der Waals surface area (Å²) in [5.74, 6) is -0.358. The first-order valence-corrected chi connectivity index (χ1v) is 11.7. The molecule has 4 rings (SSSR count). The van der Waals surface area contributed by atoms with Crippen molar-refractivity contribution in [1.82, 2.24) is 4.90 Å². The van der Waals surface area contributed by atoms with Crippen molar-refractivity contribution < 1.29 is 24.0 Å². The lowest BCUT2D eigenvalue weighted by Gasteiger charge is -2.19. The van der Waals surface area contributed by atoms with Crippen LogP contribution < -0.4 is 15.4 Å². The van der Waals surface area contributed by atoms with E-state index in [4.69, 9.17) is 4.74 Å². The Morgan fingerprint density at radius 1 is 1.09 bits per heavy atom. The zero-order chi connectivity index (χ0) is 24.9. The Hall–Kier alpha value is -3.95. The molecule has 2 aromatic carbocycles. The molecule has 2 atom stereocenters. The van der Waals surface area contributed by atoms with E-state index in [0.29, 0.717) is 24.4 Å². The highest BCUT2D eigenvalue weighted by molar-refractivity contribution is 6.05. The first kappa shape index (κ1) is 24.2. The van der Waals surface area contributed by atoms with Gasteiger partial charge in [0.1, 0.15) is 11.4 Å². The number of hydrogen-bond donors (Lipinski definition) is 2. The van der Waals surface area contributed by atoms with Crippen LogP contribution in [-0.4, -0.2) is 47.7 Å². The van der Waals surface area contributed by atoms with Gasteiger partial charge in [0.05, 0.1) is 23.9 Å². The van der Waals surface area contributed by atoms with Gasteiger partial charge < -0.3 is 15.4 Å². The summed E-state index contributed by atoms with van der Waals surface area (Å²) in [6, 6.07) is 11.0. The summed E-state index contributed by atoms with van der Waals surface area (Å²) < 4.78 is 5.09. The molecule has 3 amide bonds. The monoisotopic (exact) mass is 480 g/mol. The number of methoxy groups -OCH3 is 1. The van der Waals surface area contributed by atoms with E-state index in [1.165, 1.54) is 23.1 Å². The normalized spacial score (nSPS) is 19.3. The Labute approximate surface area is 202 Å². The molecular formula is C25H28N4O6. The van der Waals surface area contributed by atoms with Crippen LogP contribution in [0.2, 0.25) is 0 Å². The van der Waals surface area contributed by atoms with Crippen LogP contribution >= 0.6 is 0 Å². The van der Waals surface area contributed by atoms with Crippen molar-refractivity contribution in [3.05, 3.63) is 58.1 Å². The van der Waals surface area contributed by atoms with Crippen LogP contribution in [0.25, 0.3) is 0 Å². The molecule has 2 aromatic rings. The third-order valence-electron chi connectivity index (χ3n) is 6.61. The van der Waals surface area contributed by atoms with Gasteiger partial charge in [0.2, 0.25) is 11.8 Å². The lowest BCUT2D eigenvalue weighted by molar-refractivity contribution is -0.384. The van der Waals surface area contributed by atoms with Gasteiger partial charge in [0.15, 0.2) is 0 Å². The molecule has 0 bridgehead atoms. The number of carbonyl (C=O) groups excluding carboxylic acids is 3. The van der Waals surface area contributed by atoms with Crippen LogP contribution in [0.4, 0.5) is 17.1 Å². The molecule has 35 heavy (non-hydrogen) atoms. The first-order valence-electron chi connectivity index (χ1n) is 11.7. The second-order valence-corrected chi connectivity index (χ2v) is 8.78. The smallest absolute Gasteiger partial charge is 0.293 e. The van der Waals surface area contributed by atoms with Crippen LogP contribution in [-0.2, 0) is 9.59 Å². The van der Waals surface area contributed by atoms with Crippen LogP contribution in [0, 0.1) is 22.0 Å². The van der Waals surface area contributed by atoms with Gasteiger partial charge in [-0.2, -0.15) is 0 Å². The minimum atomic E-state index is -0.551. The maximum atomic E-state index is 12.6. The maximum absolute atomic E-state index is 12.6. The topological polar surface area (TPSA) is 131 Å². The number of ether oxygens (including phenoxy) is 1. The fourth-order valence-corrected chi connectivity index (χ4v) is 4.76. The van der Waals surface area contributed by atoms with E-state index < -0.39 is 10.8 Å². The molecule has 1 saturated carbocycles. The summed E-state index contributed by atoms with van der Waals surface area (Å²) in [6.07, 6.45) is 3.97. The Morgan fingerprint density at radius 3 is 2.34 bits per heavy atom. The molecule has 0 radical (unpaired) electrons. The van der Waals surface area contributed by atoms with Crippen molar-refractivity contribution in [3.63, 3.8) is 0 Å². The number of fused-ring (bicyclic) bond motifs is 1. The summed E-state index contributed by atoms with van der Waals surface area (Å²) in [6.45, 7) is 0.623. The van der Waals surface area contributed by atoms with E-state index in [-0.39, 0.29) is 47.1 Å². The summed E-state index contributed by atoms with van der Waals surface area (Å²) in [5.41, 5.74) is 0.718. The Bertz CT molecular complexity index is 1110. The average molecular weight is 481 g/mol. The molecule has 1 aliphatic carbocycles. The van der Waals surface area contributed by atoms with E-state index in [1.54, 1.807) is 31.4 Å². The van der Waals surface area contributed by atoms with Gasteiger partial charge in [-0.3, -0.25) is 29.4 Å². The van der Waals surface area contributed by atoms with Crippen LogP contribution in [0.1, 0.15) is 42.5 Å². The number of nitrogens with zero attached hydrogens (tertiary/aromatic N) is 2.